The van der Waals surface area contributed by atoms with E-state index in [4.69, 9.17) is 4.74 Å². The predicted molar refractivity (Wildman–Crippen MR) is 112 cm³/mol. The smallest absolute Gasteiger partial charge is 0.240 e. The number of benzene rings is 2. The van der Waals surface area contributed by atoms with Crippen molar-refractivity contribution < 1.29 is 18.7 Å². The van der Waals surface area contributed by atoms with Crippen LogP contribution < -0.4 is 15.0 Å². The summed E-state index contributed by atoms with van der Waals surface area (Å²) >= 11 is 0. The molecule has 158 valence electrons. The molecule has 2 atom stereocenters. The summed E-state index contributed by atoms with van der Waals surface area (Å²) in [5.41, 5.74) is 1.19. The van der Waals surface area contributed by atoms with E-state index in [0.29, 0.717) is 18.7 Å². The van der Waals surface area contributed by atoms with Crippen molar-refractivity contribution in [2.75, 3.05) is 45.2 Å². The molecule has 1 saturated carbocycles. The second-order valence-corrected chi connectivity index (χ2v) is 8.26. The number of fused-ring (bicyclic) bond motifs is 3. The third-order valence-electron chi connectivity index (χ3n) is 5.84. The molecule has 1 fully saturated rings. The van der Waals surface area contributed by atoms with Crippen LogP contribution in [0.2, 0.25) is 0 Å². The van der Waals surface area contributed by atoms with Crippen LogP contribution in [0.3, 0.4) is 0 Å². The van der Waals surface area contributed by atoms with Gasteiger partial charge in [-0.1, -0.05) is 18.2 Å². The van der Waals surface area contributed by atoms with Crippen LogP contribution in [0.4, 0.5) is 10.1 Å². The van der Waals surface area contributed by atoms with Crippen molar-refractivity contribution in [1.82, 2.24) is 10.2 Å². The highest BCUT2D eigenvalue weighted by molar-refractivity contribution is 6.07. The minimum atomic E-state index is -0.674. The van der Waals surface area contributed by atoms with Crippen LogP contribution in [0.25, 0.3) is 0 Å². The molecule has 0 unspecified atom stereocenters. The molecule has 6 nitrogen and oxygen atoms in total. The van der Waals surface area contributed by atoms with Crippen molar-refractivity contribution in [2.45, 2.75) is 12.3 Å². The number of amides is 2. The Kier molecular flexibility index (Phi) is 5.47. The molecule has 0 saturated heterocycles. The van der Waals surface area contributed by atoms with Gasteiger partial charge in [0.25, 0.3) is 0 Å². The van der Waals surface area contributed by atoms with Crippen LogP contribution in [-0.4, -0.2) is 57.1 Å². The van der Waals surface area contributed by atoms with Crippen molar-refractivity contribution in [1.29, 1.82) is 0 Å². The summed E-state index contributed by atoms with van der Waals surface area (Å²) in [5, 5.41) is 2.88. The van der Waals surface area contributed by atoms with E-state index in [1.54, 1.807) is 17.0 Å². The topological polar surface area (TPSA) is 61.9 Å². The first kappa shape index (κ1) is 20.3. The molecule has 1 aliphatic heterocycles. The first-order chi connectivity index (χ1) is 14.4. The molecule has 2 aromatic rings. The highest BCUT2D eigenvalue weighted by Crippen LogP contribution is 2.65. The Morgan fingerprint density at radius 3 is 2.70 bits per heavy atom. The first-order valence-corrected chi connectivity index (χ1v) is 10.1. The zero-order valence-corrected chi connectivity index (χ0v) is 17.2. The number of carbonyl (C=O) groups is 2. The number of ether oxygens (including phenoxy) is 1. The molecule has 0 radical (unpaired) electrons. The van der Waals surface area contributed by atoms with Crippen molar-refractivity contribution in [2.24, 2.45) is 5.41 Å². The number of hydrogen-bond acceptors (Lipinski definition) is 4. The van der Waals surface area contributed by atoms with E-state index >= 15 is 0 Å². The van der Waals surface area contributed by atoms with E-state index in [-0.39, 0.29) is 36.7 Å². The van der Waals surface area contributed by atoms with Crippen molar-refractivity contribution in [3.63, 3.8) is 0 Å². The largest absolute Gasteiger partial charge is 0.492 e. The molecule has 1 aliphatic carbocycles. The Labute approximate surface area is 175 Å². The highest BCUT2D eigenvalue weighted by Gasteiger charge is 2.66. The van der Waals surface area contributed by atoms with Gasteiger partial charge in [0.05, 0.1) is 5.41 Å². The number of hydrogen-bond donors (Lipinski definition) is 1. The zero-order valence-electron chi connectivity index (χ0n) is 17.2. The van der Waals surface area contributed by atoms with Crippen LogP contribution in [0.1, 0.15) is 17.9 Å². The van der Waals surface area contributed by atoms with E-state index < -0.39 is 5.41 Å². The molecule has 1 N–H and O–H groups in total. The molecule has 30 heavy (non-hydrogen) atoms. The third-order valence-corrected chi connectivity index (χ3v) is 5.84. The maximum atomic E-state index is 13.4. The van der Waals surface area contributed by atoms with E-state index in [1.807, 2.05) is 43.3 Å². The van der Waals surface area contributed by atoms with Gasteiger partial charge in [-0.25, -0.2) is 4.39 Å². The average Bonchev–Trinajstić information content (AvgIpc) is 3.47. The van der Waals surface area contributed by atoms with Gasteiger partial charge in [-0.05, 0) is 56.4 Å². The molecule has 2 aliphatic rings. The standard InChI is InChI=1S/C23H26FN3O3/c1-26(2)12-11-25-21(28)14-27-20-6-4-3-5-18(20)19-13-23(19,22(27)29)15-30-17-9-7-16(24)8-10-17/h3-10,19H,11-15H2,1-2H3,(H,25,28)/t19-,23+/m0/s1. The lowest BCUT2D eigenvalue weighted by Crippen LogP contribution is -2.48. The molecule has 2 amide bonds. The lowest BCUT2D eigenvalue weighted by atomic mass is 9.92. The lowest BCUT2D eigenvalue weighted by Gasteiger charge is -2.33. The Balaban J connectivity index is 1.50. The molecule has 7 heteroatoms. The highest BCUT2D eigenvalue weighted by atomic mass is 19.1. The zero-order chi connectivity index (χ0) is 21.3. The summed E-state index contributed by atoms with van der Waals surface area (Å²) in [7, 11) is 3.88. The van der Waals surface area contributed by atoms with Crippen LogP contribution in [0, 0.1) is 11.2 Å². The summed E-state index contributed by atoms with van der Waals surface area (Å²) in [4.78, 5) is 29.5. The number of rotatable bonds is 8. The molecular weight excluding hydrogens is 385 g/mol. The van der Waals surface area contributed by atoms with Gasteiger partial charge in [-0.15, -0.1) is 0 Å². The fraction of sp³-hybridized carbons (Fsp3) is 0.391. The maximum Gasteiger partial charge on any atom is 0.240 e. The van der Waals surface area contributed by atoms with Crippen LogP contribution in [0.5, 0.6) is 5.75 Å². The minimum Gasteiger partial charge on any atom is -0.492 e. The number of likely N-dealkylation sites (N-methyl/N-ethyl adjacent to an activating group) is 1. The van der Waals surface area contributed by atoms with Crippen LogP contribution >= 0.6 is 0 Å². The molecular formula is C23H26FN3O3. The fourth-order valence-electron chi connectivity index (χ4n) is 4.10. The van der Waals surface area contributed by atoms with Crippen molar-refractivity contribution in [3.8, 4) is 5.75 Å². The second kappa shape index (κ2) is 8.07. The average molecular weight is 411 g/mol. The summed E-state index contributed by atoms with van der Waals surface area (Å²) in [6.07, 6.45) is 0.683. The van der Waals surface area contributed by atoms with Gasteiger partial charge in [0, 0.05) is 24.7 Å². The van der Waals surface area contributed by atoms with Crippen LogP contribution in [0.15, 0.2) is 48.5 Å². The Morgan fingerprint density at radius 2 is 1.97 bits per heavy atom. The van der Waals surface area contributed by atoms with E-state index in [1.165, 1.54) is 12.1 Å². The Morgan fingerprint density at radius 1 is 1.23 bits per heavy atom. The van der Waals surface area contributed by atoms with Gasteiger partial charge in [0.1, 0.15) is 24.7 Å². The number of anilines is 1. The Bertz CT molecular complexity index is 947. The summed E-state index contributed by atoms with van der Waals surface area (Å²) in [6.45, 7) is 1.44. The van der Waals surface area contributed by atoms with Crippen molar-refractivity contribution >= 4 is 17.5 Å². The minimum absolute atomic E-state index is 0.0196. The van der Waals surface area contributed by atoms with Gasteiger partial charge < -0.3 is 19.9 Å². The monoisotopic (exact) mass is 411 g/mol. The van der Waals surface area contributed by atoms with Gasteiger partial charge >= 0.3 is 0 Å². The number of carbonyl (C=O) groups excluding carboxylic acids is 2. The SMILES string of the molecule is CN(C)CCNC(=O)CN1C(=O)[C@@]2(COc3ccc(F)cc3)C[C@H]2c2ccccc21. The maximum absolute atomic E-state index is 13.4. The molecule has 0 spiro atoms. The summed E-state index contributed by atoms with van der Waals surface area (Å²) in [6, 6.07) is 13.5. The molecule has 0 aromatic heterocycles. The van der Waals surface area contributed by atoms with E-state index in [9.17, 15) is 14.0 Å². The summed E-state index contributed by atoms with van der Waals surface area (Å²) < 4.78 is 19.0. The normalized spacial score (nSPS) is 21.8. The van der Waals surface area contributed by atoms with Gasteiger partial charge in [-0.3, -0.25) is 9.59 Å². The van der Waals surface area contributed by atoms with Gasteiger partial charge in [-0.2, -0.15) is 0 Å². The third kappa shape index (κ3) is 3.89. The quantitative estimate of drug-likeness (QED) is 0.725. The molecule has 4 rings (SSSR count). The number of para-hydroxylation sites is 1. The van der Waals surface area contributed by atoms with E-state index in [0.717, 1.165) is 17.8 Å². The number of halogens is 1. The molecule has 0 bridgehead atoms. The lowest BCUT2D eigenvalue weighted by molar-refractivity contribution is -0.128. The van der Waals surface area contributed by atoms with Gasteiger partial charge in [0.15, 0.2) is 0 Å². The first-order valence-electron chi connectivity index (χ1n) is 10.1. The second-order valence-electron chi connectivity index (χ2n) is 8.26. The number of nitrogens with zero attached hydrogens (tertiary/aromatic N) is 2. The molecule has 2 aromatic carbocycles. The predicted octanol–water partition coefficient (Wildman–Crippen LogP) is 2.40. The number of nitrogens with one attached hydrogen (secondary N) is 1. The van der Waals surface area contributed by atoms with Crippen LogP contribution in [-0.2, 0) is 9.59 Å². The fourth-order valence-corrected chi connectivity index (χ4v) is 4.10. The summed E-state index contributed by atoms with van der Waals surface area (Å²) in [5.74, 6) is -0.00511. The molecule has 1 heterocycles. The Hall–Kier alpha value is -2.93. The van der Waals surface area contributed by atoms with Crippen molar-refractivity contribution in [3.05, 3.63) is 59.9 Å². The van der Waals surface area contributed by atoms with E-state index in [2.05, 4.69) is 5.32 Å². The van der Waals surface area contributed by atoms with Gasteiger partial charge in [0.2, 0.25) is 11.8 Å².